The average molecular weight is 189 g/mol. The monoisotopic (exact) mass is 189 g/mol. The molecule has 0 unspecified atom stereocenters. The Morgan fingerprint density at radius 2 is 1.77 bits per heavy atom. The van der Waals surface area contributed by atoms with Crippen LogP contribution in [0.3, 0.4) is 0 Å². The minimum atomic E-state index is 0.897. The maximum absolute atomic E-state index is 4.15. The molecular formula is C9H7N3S. The van der Waals surface area contributed by atoms with Gasteiger partial charge in [-0.05, 0) is 12.1 Å². The summed E-state index contributed by atoms with van der Waals surface area (Å²) >= 11 is 1.57. The zero-order chi connectivity index (χ0) is 8.93. The molecule has 2 aromatic heterocycles. The molecule has 4 heteroatoms. The van der Waals surface area contributed by atoms with Crippen LogP contribution in [0.5, 0.6) is 0 Å². The number of hydrogen-bond donors (Lipinski definition) is 0. The predicted molar refractivity (Wildman–Crippen MR) is 50.4 cm³/mol. The number of aromatic nitrogens is 3. The number of hydrogen-bond acceptors (Lipinski definition) is 4. The van der Waals surface area contributed by atoms with Gasteiger partial charge in [0.15, 0.2) is 0 Å². The molecule has 0 amide bonds. The average Bonchev–Trinajstić information content (AvgIpc) is 2.21. The summed E-state index contributed by atoms with van der Waals surface area (Å²) in [5.74, 6) is 0. The second kappa shape index (κ2) is 4.00. The van der Waals surface area contributed by atoms with Crippen molar-refractivity contribution < 1.29 is 0 Å². The maximum atomic E-state index is 4.15. The minimum Gasteiger partial charge on any atom is -0.265 e. The van der Waals surface area contributed by atoms with Crippen LogP contribution in [-0.4, -0.2) is 15.0 Å². The van der Waals surface area contributed by atoms with Crippen LogP contribution < -0.4 is 0 Å². The molecule has 2 rings (SSSR count). The van der Waals surface area contributed by atoms with Crippen LogP contribution in [0, 0.1) is 0 Å². The molecule has 2 aromatic rings. The summed E-state index contributed by atoms with van der Waals surface area (Å²) in [6.07, 6.45) is 8.61. The van der Waals surface area contributed by atoms with Crippen LogP contribution in [0.1, 0.15) is 0 Å². The van der Waals surface area contributed by atoms with Crippen LogP contribution in [0.15, 0.2) is 53.0 Å². The fourth-order valence-electron chi connectivity index (χ4n) is 0.865. The highest BCUT2D eigenvalue weighted by molar-refractivity contribution is 7.99. The summed E-state index contributed by atoms with van der Waals surface area (Å²) in [6.45, 7) is 0. The van der Waals surface area contributed by atoms with Crippen LogP contribution in [0.2, 0.25) is 0 Å². The van der Waals surface area contributed by atoms with Gasteiger partial charge in [-0.25, -0.2) is 4.98 Å². The lowest BCUT2D eigenvalue weighted by molar-refractivity contribution is 1.05. The topological polar surface area (TPSA) is 38.7 Å². The van der Waals surface area contributed by atoms with E-state index in [1.54, 1.807) is 42.7 Å². The van der Waals surface area contributed by atoms with Crippen molar-refractivity contribution in [2.75, 3.05) is 0 Å². The van der Waals surface area contributed by atoms with Crippen LogP contribution in [0.25, 0.3) is 0 Å². The number of pyridine rings is 1. The summed E-state index contributed by atoms with van der Waals surface area (Å²) in [5, 5.41) is 0.897. The quantitative estimate of drug-likeness (QED) is 0.724. The lowest BCUT2D eigenvalue weighted by atomic mass is 10.5. The third-order valence-electron chi connectivity index (χ3n) is 1.41. The lowest BCUT2D eigenvalue weighted by Crippen LogP contribution is -1.80. The highest BCUT2D eigenvalue weighted by Gasteiger charge is 1.95. The van der Waals surface area contributed by atoms with Crippen molar-refractivity contribution in [1.29, 1.82) is 0 Å². The Kier molecular flexibility index (Phi) is 2.52. The normalized spacial score (nSPS) is 9.85. The predicted octanol–water partition coefficient (Wildman–Crippen LogP) is 2.02. The molecule has 0 radical (unpaired) electrons. The van der Waals surface area contributed by atoms with Gasteiger partial charge < -0.3 is 0 Å². The van der Waals surface area contributed by atoms with E-state index in [9.17, 15) is 0 Å². The van der Waals surface area contributed by atoms with E-state index in [0.29, 0.717) is 0 Å². The smallest absolute Gasteiger partial charge is 0.119 e. The van der Waals surface area contributed by atoms with Gasteiger partial charge in [0, 0.05) is 29.7 Å². The van der Waals surface area contributed by atoms with Crippen molar-refractivity contribution in [2.24, 2.45) is 0 Å². The molecule has 0 atom stereocenters. The Labute approximate surface area is 80.3 Å². The van der Waals surface area contributed by atoms with Gasteiger partial charge in [-0.1, -0.05) is 11.8 Å². The third-order valence-corrected chi connectivity index (χ3v) is 2.34. The fraction of sp³-hybridized carbons (Fsp3) is 0. The van der Waals surface area contributed by atoms with Crippen molar-refractivity contribution in [3.05, 3.63) is 43.1 Å². The number of nitrogens with zero attached hydrogens (tertiary/aromatic N) is 3. The molecule has 0 aliphatic rings. The van der Waals surface area contributed by atoms with E-state index in [1.807, 2.05) is 12.1 Å². The molecule has 0 aliphatic heterocycles. The van der Waals surface area contributed by atoms with Crippen molar-refractivity contribution in [3.63, 3.8) is 0 Å². The van der Waals surface area contributed by atoms with Crippen molar-refractivity contribution in [1.82, 2.24) is 15.0 Å². The summed E-state index contributed by atoms with van der Waals surface area (Å²) in [6, 6.07) is 3.89. The molecule has 0 saturated heterocycles. The maximum Gasteiger partial charge on any atom is 0.119 e. The van der Waals surface area contributed by atoms with Crippen molar-refractivity contribution >= 4 is 11.8 Å². The third kappa shape index (κ3) is 2.26. The van der Waals surface area contributed by atoms with Crippen LogP contribution in [-0.2, 0) is 0 Å². The van der Waals surface area contributed by atoms with Gasteiger partial charge in [-0.2, -0.15) is 0 Å². The van der Waals surface area contributed by atoms with E-state index < -0.39 is 0 Å². The zero-order valence-corrected chi connectivity index (χ0v) is 7.61. The Bertz CT molecular complexity index is 326. The molecule has 0 spiro atoms. The summed E-state index contributed by atoms with van der Waals surface area (Å²) < 4.78 is 0. The van der Waals surface area contributed by atoms with Gasteiger partial charge in [-0.3, -0.25) is 9.97 Å². The molecule has 0 N–H and O–H groups in total. The molecule has 13 heavy (non-hydrogen) atoms. The SMILES string of the molecule is c1cc(Sc2cnccn2)ccn1. The summed E-state index contributed by atoms with van der Waals surface area (Å²) in [4.78, 5) is 13.2. The van der Waals surface area contributed by atoms with Gasteiger partial charge in [0.2, 0.25) is 0 Å². The second-order valence-electron chi connectivity index (χ2n) is 2.33. The first kappa shape index (κ1) is 8.19. The lowest BCUT2D eigenvalue weighted by Gasteiger charge is -1.97. The second-order valence-corrected chi connectivity index (χ2v) is 3.42. The van der Waals surface area contributed by atoms with E-state index in [4.69, 9.17) is 0 Å². The van der Waals surface area contributed by atoms with Crippen LogP contribution >= 0.6 is 11.8 Å². The first-order valence-corrected chi connectivity index (χ1v) is 4.61. The molecule has 3 nitrogen and oxygen atoms in total. The summed E-state index contributed by atoms with van der Waals surface area (Å²) in [7, 11) is 0. The first-order valence-electron chi connectivity index (χ1n) is 3.79. The molecule has 0 fully saturated rings. The molecule has 0 saturated carbocycles. The van der Waals surface area contributed by atoms with E-state index in [-0.39, 0.29) is 0 Å². The molecule has 64 valence electrons. The summed E-state index contributed by atoms with van der Waals surface area (Å²) in [5.41, 5.74) is 0. The standard InChI is InChI=1S/C9H7N3S/c1-3-10-4-2-8(1)13-9-7-11-5-6-12-9/h1-7H. The zero-order valence-electron chi connectivity index (χ0n) is 6.79. The highest BCUT2D eigenvalue weighted by atomic mass is 32.2. The Morgan fingerprint density at radius 3 is 2.46 bits per heavy atom. The Balaban J connectivity index is 2.16. The fourth-order valence-corrected chi connectivity index (χ4v) is 1.59. The van der Waals surface area contributed by atoms with Gasteiger partial charge in [0.1, 0.15) is 5.03 Å². The Morgan fingerprint density at radius 1 is 0.923 bits per heavy atom. The highest BCUT2D eigenvalue weighted by Crippen LogP contribution is 2.23. The number of rotatable bonds is 2. The molecular weight excluding hydrogens is 182 g/mol. The first-order chi connectivity index (χ1) is 6.45. The van der Waals surface area contributed by atoms with Gasteiger partial charge >= 0.3 is 0 Å². The van der Waals surface area contributed by atoms with E-state index in [1.165, 1.54) is 0 Å². The molecule has 0 aliphatic carbocycles. The molecule has 0 aromatic carbocycles. The molecule has 2 heterocycles. The molecule has 0 bridgehead atoms. The largest absolute Gasteiger partial charge is 0.265 e. The van der Waals surface area contributed by atoms with E-state index >= 15 is 0 Å². The van der Waals surface area contributed by atoms with Crippen molar-refractivity contribution in [2.45, 2.75) is 9.92 Å². The van der Waals surface area contributed by atoms with Gasteiger partial charge in [0.25, 0.3) is 0 Å². The van der Waals surface area contributed by atoms with E-state index in [0.717, 1.165) is 9.92 Å². The van der Waals surface area contributed by atoms with Gasteiger partial charge in [0.05, 0.1) is 6.20 Å². The van der Waals surface area contributed by atoms with E-state index in [2.05, 4.69) is 15.0 Å². The van der Waals surface area contributed by atoms with Gasteiger partial charge in [-0.15, -0.1) is 0 Å². The van der Waals surface area contributed by atoms with Crippen molar-refractivity contribution in [3.8, 4) is 0 Å². The Hall–Kier alpha value is -1.42. The van der Waals surface area contributed by atoms with Crippen LogP contribution in [0.4, 0.5) is 0 Å². The minimum absolute atomic E-state index is 0.897.